The fourth-order valence-electron chi connectivity index (χ4n) is 2.60. The maximum atomic E-state index is 12.2. The van der Waals surface area contributed by atoms with Crippen LogP contribution in [0.4, 0.5) is 0 Å². The molecule has 2 aliphatic heterocycles. The van der Waals surface area contributed by atoms with Gasteiger partial charge in [0.25, 0.3) is 11.8 Å². The maximum Gasteiger partial charge on any atom is 0.292 e. The molecule has 6 heteroatoms. The van der Waals surface area contributed by atoms with Gasteiger partial charge in [-0.1, -0.05) is 0 Å². The van der Waals surface area contributed by atoms with Crippen LogP contribution in [0.15, 0.2) is 10.6 Å². The van der Waals surface area contributed by atoms with Crippen LogP contribution in [0.25, 0.3) is 0 Å². The number of methoxy groups -OCH3 is 1. The molecule has 0 aromatic carbocycles. The van der Waals surface area contributed by atoms with Gasteiger partial charge in [-0.2, -0.15) is 0 Å². The molecule has 0 saturated carbocycles. The summed E-state index contributed by atoms with van der Waals surface area (Å²) in [7, 11) is 1.50. The quantitative estimate of drug-likeness (QED) is 0.799. The predicted octanol–water partition coefficient (Wildman–Crippen LogP) is 0.260. The molecular formula is C11H15N3O3. The van der Waals surface area contributed by atoms with Gasteiger partial charge >= 0.3 is 0 Å². The van der Waals surface area contributed by atoms with E-state index in [2.05, 4.69) is 10.5 Å². The summed E-state index contributed by atoms with van der Waals surface area (Å²) in [4.78, 5) is 14.1. The summed E-state index contributed by atoms with van der Waals surface area (Å²) in [6, 6.07) is 2.40. The van der Waals surface area contributed by atoms with Gasteiger partial charge in [-0.3, -0.25) is 4.79 Å². The number of aromatic nitrogens is 1. The summed E-state index contributed by atoms with van der Waals surface area (Å²) in [5.74, 6) is 0.507. The third-order valence-electron chi connectivity index (χ3n) is 3.53. The first-order valence-corrected chi connectivity index (χ1v) is 5.83. The number of fused-ring (bicyclic) bond motifs is 2. The van der Waals surface area contributed by atoms with Gasteiger partial charge in [0, 0.05) is 25.2 Å². The smallest absolute Gasteiger partial charge is 0.292 e. The fourth-order valence-corrected chi connectivity index (χ4v) is 2.60. The van der Waals surface area contributed by atoms with Crippen molar-refractivity contribution in [1.29, 1.82) is 0 Å². The predicted molar refractivity (Wildman–Crippen MR) is 58.9 cm³/mol. The van der Waals surface area contributed by atoms with Crippen molar-refractivity contribution in [3.63, 3.8) is 0 Å². The Bertz CT molecular complexity index is 431. The van der Waals surface area contributed by atoms with E-state index in [1.807, 2.05) is 4.90 Å². The van der Waals surface area contributed by atoms with Crippen molar-refractivity contribution in [2.75, 3.05) is 20.2 Å². The topological polar surface area (TPSA) is 67.6 Å². The number of rotatable bonds is 2. The van der Waals surface area contributed by atoms with E-state index < -0.39 is 0 Å². The number of hydrogen-bond donors (Lipinski definition) is 1. The summed E-state index contributed by atoms with van der Waals surface area (Å²) < 4.78 is 9.90. The molecule has 2 aliphatic rings. The van der Waals surface area contributed by atoms with Crippen LogP contribution >= 0.6 is 0 Å². The highest BCUT2D eigenvalue weighted by Crippen LogP contribution is 2.25. The Balaban J connectivity index is 1.77. The van der Waals surface area contributed by atoms with Crippen LogP contribution in [0.5, 0.6) is 5.88 Å². The lowest BCUT2D eigenvalue weighted by Crippen LogP contribution is -2.44. The number of hydrogen-bond acceptors (Lipinski definition) is 5. The lowest BCUT2D eigenvalue weighted by atomic mass is 10.0. The second-order valence-electron chi connectivity index (χ2n) is 4.52. The van der Waals surface area contributed by atoms with Gasteiger partial charge in [0.2, 0.25) is 5.76 Å². The van der Waals surface area contributed by atoms with Gasteiger partial charge in [-0.05, 0) is 18.0 Å². The molecule has 2 atom stereocenters. The standard InChI is InChI=1S/C11H15N3O3/c1-16-10-5-9(17-13-10)11(15)14-3-2-7-4-8(14)6-12-7/h5,7-8,12H,2-4,6H2,1H3. The van der Waals surface area contributed by atoms with E-state index in [0.29, 0.717) is 11.9 Å². The highest BCUT2D eigenvalue weighted by molar-refractivity contribution is 5.92. The molecule has 2 bridgehead atoms. The molecule has 3 rings (SSSR count). The van der Waals surface area contributed by atoms with Gasteiger partial charge in [-0.15, -0.1) is 0 Å². The SMILES string of the molecule is COc1cc(C(=O)N2CCC3CC2CN3)on1. The zero-order chi connectivity index (χ0) is 11.8. The minimum Gasteiger partial charge on any atom is -0.479 e. The van der Waals surface area contributed by atoms with Crippen molar-refractivity contribution in [1.82, 2.24) is 15.4 Å². The Morgan fingerprint density at radius 2 is 2.59 bits per heavy atom. The second-order valence-corrected chi connectivity index (χ2v) is 4.52. The van der Waals surface area contributed by atoms with E-state index in [9.17, 15) is 4.79 Å². The number of nitrogens with zero attached hydrogens (tertiary/aromatic N) is 2. The minimum atomic E-state index is -0.0899. The Morgan fingerprint density at radius 1 is 1.71 bits per heavy atom. The third-order valence-corrected chi connectivity index (χ3v) is 3.53. The number of carbonyl (C=O) groups excluding carboxylic acids is 1. The van der Waals surface area contributed by atoms with E-state index in [1.54, 1.807) is 0 Å². The van der Waals surface area contributed by atoms with Crippen LogP contribution in [0.3, 0.4) is 0 Å². The van der Waals surface area contributed by atoms with Crippen LogP contribution < -0.4 is 10.1 Å². The Labute approximate surface area is 98.9 Å². The minimum absolute atomic E-state index is 0.0899. The lowest BCUT2D eigenvalue weighted by Gasteiger charge is -2.31. The number of carbonyl (C=O) groups is 1. The van der Waals surface area contributed by atoms with Crippen molar-refractivity contribution < 1.29 is 14.1 Å². The number of nitrogens with one attached hydrogen (secondary N) is 1. The van der Waals surface area contributed by atoms with Crippen LogP contribution in [0.1, 0.15) is 23.4 Å². The van der Waals surface area contributed by atoms with E-state index in [-0.39, 0.29) is 17.7 Å². The molecule has 0 aliphatic carbocycles. The van der Waals surface area contributed by atoms with Gasteiger partial charge in [0.15, 0.2) is 0 Å². The Morgan fingerprint density at radius 3 is 3.35 bits per heavy atom. The summed E-state index contributed by atoms with van der Waals surface area (Å²) in [6.45, 7) is 1.66. The van der Waals surface area contributed by atoms with Crippen molar-refractivity contribution in [3.8, 4) is 5.88 Å². The largest absolute Gasteiger partial charge is 0.479 e. The van der Waals surface area contributed by atoms with Crippen molar-refractivity contribution in [2.24, 2.45) is 0 Å². The molecule has 2 fully saturated rings. The van der Waals surface area contributed by atoms with Crippen LogP contribution in [-0.4, -0.2) is 48.2 Å². The van der Waals surface area contributed by atoms with E-state index in [0.717, 1.165) is 25.9 Å². The maximum absolute atomic E-state index is 12.2. The summed E-state index contributed by atoms with van der Waals surface area (Å²) in [6.07, 6.45) is 2.05. The highest BCUT2D eigenvalue weighted by atomic mass is 16.5. The molecular weight excluding hydrogens is 222 g/mol. The number of likely N-dealkylation sites (tertiary alicyclic amines) is 1. The monoisotopic (exact) mass is 237 g/mol. The molecule has 17 heavy (non-hydrogen) atoms. The number of piperidine rings is 1. The summed E-state index contributed by atoms with van der Waals surface area (Å²) in [5, 5.41) is 7.06. The molecule has 92 valence electrons. The Hall–Kier alpha value is -1.56. The number of amides is 1. The molecule has 0 radical (unpaired) electrons. The van der Waals surface area contributed by atoms with Gasteiger partial charge < -0.3 is 19.5 Å². The highest BCUT2D eigenvalue weighted by Gasteiger charge is 2.37. The van der Waals surface area contributed by atoms with Crippen LogP contribution in [-0.2, 0) is 0 Å². The zero-order valence-corrected chi connectivity index (χ0v) is 9.68. The third kappa shape index (κ3) is 1.78. The van der Waals surface area contributed by atoms with E-state index in [4.69, 9.17) is 9.26 Å². The zero-order valence-electron chi connectivity index (χ0n) is 9.68. The summed E-state index contributed by atoms with van der Waals surface area (Å²) in [5.41, 5.74) is 0. The van der Waals surface area contributed by atoms with Gasteiger partial charge in [0.1, 0.15) is 0 Å². The van der Waals surface area contributed by atoms with Gasteiger partial charge in [-0.25, -0.2) is 0 Å². The van der Waals surface area contributed by atoms with Crippen molar-refractivity contribution in [3.05, 3.63) is 11.8 Å². The average molecular weight is 237 g/mol. The van der Waals surface area contributed by atoms with Crippen molar-refractivity contribution in [2.45, 2.75) is 24.9 Å². The second kappa shape index (κ2) is 4.03. The van der Waals surface area contributed by atoms with Crippen LogP contribution in [0, 0.1) is 0 Å². The summed E-state index contributed by atoms with van der Waals surface area (Å²) >= 11 is 0. The molecule has 2 saturated heterocycles. The number of ether oxygens (including phenoxy) is 1. The molecule has 1 amide bonds. The first-order valence-electron chi connectivity index (χ1n) is 5.83. The molecule has 6 nitrogen and oxygen atoms in total. The molecule has 1 aromatic rings. The molecule has 0 spiro atoms. The lowest BCUT2D eigenvalue weighted by molar-refractivity contribution is 0.0615. The molecule has 2 unspecified atom stereocenters. The van der Waals surface area contributed by atoms with Crippen molar-refractivity contribution >= 4 is 5.91 Å². The first-order chi connectivity index (χ1) is 8.28. The molecule has 3 heterocycles. The first kappa shape index (κ1) is 10.6. The molecule has 1 aromatic heterocycles. The van der Waals surface area contributed by atoms with E-state index in [1.165, 1.54) is 13.2 Å². The average Bonchev–Trinajstić information content (AvgIpc) is 2.96. The fraction of sp³-hybridized carbons (Fsp3) is 0.636. The normalized spacial score (nSPS) is 27.2. The molecule has 1 N–H and O–H groups in total. The van der Waals surface area contributed by atoms with E-state index >= 15 is 0 Å². The Kier molecular flexibility index (Phi) is 2.51. The van der Waals surface area contributed by atoms with Gasteiger partial charge in [0.05, 0.1) is 13.2 Å². The van der Waals surface area contributed by atoms with Crippen LogP contribution in [0.2, 0.25) is 0 Å².